The van der Waals surface area contributed by atoms with E-state index in [0.717, 1.165) is 23.3 Å². The Morgan fingerprint density at radius 3 is 2.22 bits per heavy atom. The van der Waals surface area contributed by atoms with Gasteiger partial charge >= 0.3 is 0 Å². The Morgan fingerprint density at radius 1 is 0.892 bits per heavy atom. The molecular formula is C31H38N2O4. The highest BCUT2D eigenvalue weighted by Gasteiger charge is 2.30. The van der Waals surface area contributed by atoms with Gasteiger partial charge in [0.2, 0.25) is 11.8 Å². The zero-order valence-corrected chi connectivity index (χ0v) is 22.1. The minimum Gasteiger partial charge on any atom is -0.497 e. The fourth-order valence-corrected chi connectivity index (χ4v) is 4.04. The van der Waals surface area contributed by atoms with Gasteiger partial charge in [0.05, 0.1) is 13.7 Å². The van der Waals surface area contributed by atoms with Crippen molar-refractivity contribution in [1.82, 2.24) is 10.2 Å². The van der Waals surface area contributed by atoms with Crippen LogP contribution >= 0.6 is 0 Å². The second-order valence-electron chi connectivity index (χ2n) is 9.16. The molecule has 0 saturated heterocycles. The van der Waals surface area contributed by atoms with Crippen molar-refractivity contribution in [2.24, 2.45) is 0 Å². The van der Waals surface area contributed by atoms with Gasteiger partial charge in [-0.2, -0.15) is 0 Å². The molecule has 6 heteroatoms. The third-order valence-corrected chi connectivity index (χ3v) is 6.31. The number of nitrogens with zero attached hydrogens (tertiary/aromatic N) is 1. The highest BCUT2D eigenvalue weighted by atomic mass is 16.5. The van der Waals surface area contributed by atoms with E-state index in [1.165, 1.54) is 0 Å². The Hall–Kier alpha value is -3.80. The summed E-state index contributed by atoms with van der Waals surface area (Å²) in [5.41, 5.74) is 1.91. The molecule has 0 aliphatic heterocycles. The predicted octanol–water partition coefficient (Wildman–Crippen LogP) is 5.41. The lowest BCUT2D eigenvalue weighted by atomic mass is 10.0. The monoisotopic (exact) mass is 502 g/mol. The van der Waals surface area contributed by atoms with Crippen LogP contribution in [0.4, 0.5) is 0 Å². The van der Waals surface area contributed by atoms with E-state index in [-0.39, 0.29) is 24.3 Å². The Labute approximate surface area is 220 Å². The number of ether oxygens (including phenoxy) is 2. The molecule has 0 heterocycles. The summed E-state index contributed by atoms with van der Waals surface area (Å²) in [7, 11) is 1.62. The van der Waals surface area contributed by atoms with Crippen LogP contribution in [-0.4, -0.2) is 42.5 Å². The van der Waals surface area contributed by atoms with Gasteiger partial charge in [0.15, 0.2) is 0 Å². The van der Waals surface area contributed by atoms with Crippen LogP contribution < -0.4 is 14.8 Å². The maximum atomic E-state index is 13.7. The van der Waals surface area contributed by atoms with Gasteiger partial charge in [-0.05, 0) is 55.2 Å². The molecule has 37 heavy (non-hydrogen) atoms. The fourth-order valence-electron chi connectivity index (χ4n) is 4.04. The molecule has 0 radical (unpaired) electrons. The predicted molar refractivity (Wildman–Crippen MR) is 147 cm³/mol. The molecule has 2 atom stereocenters. The standard InChI is InChI=1S/C31H38N2O4/c1-4-24(2)32-31(35)29(22-25-13-7-5-8-14-25)33(23-26-15-11-18-28(21-26)36-3)30(34)19-12-20-37-27-16-9-6-10-17-27/h5-11,13-18,21,24,29H,4,12,19-20,22-23H2,1-3H3,(H,32,35)/t24-,29+/m1/s1. The molecule has 3 aromatic carbocycles. The van der Waals surface area contributed by atoms with Crippen LogP contribution in [0.25, 0.3) is 0 Å². The van der Waals surface area contributed by atoms with Crippen molar-refractivity contribution in [3.05, 3.63) is 96.1 Å². The van der Waals surface area contributed by atoms with Gasteiger partial charge in [0, 0.05) is 25.4 Å². The van der Waals surface area contributed by atoms with Crippen molar-refractivity contribution in [2.45, 2.75) is 58.2 Å². The van der Waals surface area contributed by atoms with Gasteiger partial charge in [-0.3, -0.25) is 9.59 Å². The molecule has 0 aliphatic carbocycles. The summed E-state index contributed by atoms with van der Waals surface area (Å²) in [4.78, 5) is 28.9. The zero-order chi connectivity index (χ0) is 26.5. The lowest BCUT2D eigenvalue weighted by Gasteiger charge is -2.32. The second-order valence-corrected chi connectivity index (χ2v) is 9.16. The quantitative estimate of drug-likeness (QED) is 0.299. The molecule has 0 unspecified atom stereocenters. The summed E-state index contributed by atoms with van der Waals surface area (Å²) in [6.45, 7) is 4.74. The molecule has 1 N–H and O–H groups in total. The Bertz CT molecular complexity index is 1100. The molecule has 2 amide bonds. The van der Waals surface area contributed by atoms with Gasteiger partial charge in [-0.1, -0.05) is 67.6 Å². The first kappa shape index (κ1) is 27.8. The molecule has 3 rings (SSSR count). The minimum absolute atomic E-state index is 0.0128. The third-order valence-electron chi connectivity index (χ3n) is 6.31. The number of amides is 2. The molecule has 196 valence electrons. The number of hydrogen-bond acceptors (Lipinski definition) is 4. The summed E-state index contributed by atoms with van der Waals surface area (Å²) < 4.78 is 11.2. The molecule has 0 saturated carbocycles. The molecule has 3 aromatic rings. The second kappa shape index (κ2) is 14.7. The lowest BCUT2D eigenvalue weighted by molar-refractivity contribution is -0.141. The van der Waals surface area contributed by atoms with E-state index < -0.39 is 6.04 Å². The fraction of sp³-hybridized carbons (Fsp3) is 0.355. The first-order valence-corrected chi connectivity index (χ1v) is 12.9. The summed E-state index contributed by atoms with van der Waals surface area (Å²) in [6, 6.07) is 26.4. The Morgan fingerprint density at radius 2 is 1.54 bits per heavy atom. The topological polar surface area (TPSA) is 67.9 Å². The van der Waals surface area contributed by atoms with E-state index in [9.17, 15) is 9.59 Å². The first-order valence-electron chi connectivity index (χ1n) is 12.9. The van der Waals surface area contributed by atoms with Gasteiger partial charge in [0.1, 0.15) is 17.5 Å². The minimum atomic E-state index is -0.648. The molecule has 6 nitrogen and oxygen atoms in total. The zero-order valence-electron chi connectivity index (χ0n) is 22.1. The highest BCUT2D eigenvalue weighted by molar-refractivity contribution is 5.88. The largest absolute Gasteiger partial charge is 0.497 e. The van der Waals surface area contributed by atoms with Crippen LogP contribution in [0.5, 0.6) is 11.5 Å². The van der Waals surface area contributed by atoms with Crippen LogP contribution in [0.15, 0.2) is 84.9 Å². The summed E-state index contributed by atoms with van der Waals surface area (Å²) in [5.74, 6) is 1.26. The number of nitrogens with one attached hydrogen (secondary N) is 1. The van der Waals surface area contributed by atoms with E-state index in [4.69, 9.17) is 9.47 Å². The van der Waals surface area contributed by atoms with Crippen LogP contribution in [0.3, 0.4) is 0 Å². The number of hydrogen-bond donors (Lipinski definition) is 1. The van der Waals surface area contributed by atoms with E-state index in [1.54, 1.807) is 12.0 Å². The Balaban J connectivity index is 1.82. The molecule has 0 fully saturated rings. The highest BCUT2D eigenvalue weighted by Crippen LogP contribution is 2.20. The average molecular weight is 503 g/mol. The Kier molecular flexibility index (Phi) is 11.0. The van der Waals surface area contributed by atoms with E-state index in [0.29, 0.717) is 31.7 Å². The van der Waals surface area contributed by atoms with Crippen LogP contribution in [0.1, 0.15) is 44.2 Å². The average Bonchev–Trinajstić information content (AvgIpc) is 2.94. The van der Waals surface area contributed by atoms with Crippen LogP contribution in [-0.2, 0) is 22.6 Å². The number of carbonyl (C=O) groups is 2. The number of carbonyl (C=O) groups excluding carboxylic acids is 2. The third kappa shape index (κ3) is 8.98. The maximum absolute atomic E-state index is 13.7. The number of benzene rings is 3. The van der Waals surface area contributed by atoms with Gasteiger partial charge in [-0.15, -0.1) is 0 Å². The lowest BCUT2D eigenvalue weighted by Crippen LogP contribution is -2.52. The molecular weight excluding hydrogens is 464 g/mol. The van der Waals surface area contributed by atoms with Crippen molar-refractivity contribution in [2.75, 3.05) is 13.7 Å². The van der Waals surface area contributed by atoms with Crippen LogP contribution in [0.2, 0.25) is 0 Å². The number of rotatable bonds is 14. The maximum Gasteiger partial charge on any atom is 0.243 e. The van der Waals surface area contributed by atoms with E-state index in [2.05, 4.69) is 5.32 Å². The van der Waals surface area contributed by atoms with E-state index >= 15 is 0 Å². The number of para-hydroxylation sites is 1. The SMILES string of the molecule is CC[C@@H](C)NC(=O)[C@H](Cc1ccccc1)N(Cc1cccc(OC)c1)C(=O)CCCOc1ccccc1. The molecule has 0 bridgehead atoms. The van der Waals surface area contributed by atoms with Gasteiger partial charge < -0.3 is 19.7 Å². The van der Waals surface area contributed by atoms with Crippen molar-refractivity contribution in [3.8, 4) is 11.5 Å². The van der Waals surface area contributed by atoms with Crippen molar-refractivity contribution in [3.63, 3.8) is 0 Å². The normalized spacial score (nSPS) is 12.3. The molecule has 0 aromatic heterocycles. The summed E-state index contributed by atoms with van der Waals surface area (Å²) >= 11 is 0. The number of methoxy groups -OCH3 is 1. The van der Waals surface area contributed by atoms with Gasteiger partial charge in [0.25, 0.3) is 0 Å². The summed E-state index contributed by atoms with van der Waals surface area (Å²) in [5, 5.41) is 3.10. The van der Waals surface area contributed by atoms with Crippen LogP contribution in [0, 0.1) is 0 Å². The van der Waals surface area contributed by atoms with Gasteiger partial charge in [-0.25, -0.2) is 0 Å². The van der Waals surface area contributed by atoms with Crippen molar-refractivity contribution in [1.29, 1.82) is 0 Å². The molecule has 0 aliphatic rings. The van der Waals surface area contributed by atoms with Crippen molar-refractivity contribution < 1.29 is 19.1 Å². The first-order chi connectivity index (χ1) is 18.0. The summed E-state index contributed by atoms with van der Waals surface area (Å²) in [6.07, 6.45) is 2.07. The smallest absolute Gasteiger partial charge is 0.243 e. The van der Waals surface area contributed by atoms with Crippen molar-refractivity contribution >= 4 is 11.8 Å². The van der Waals surface area contributed by atoms with E-state index in [1.807, 2.05) is 98.8 Å². The molecule has 0 spiro atoms.